The highest BCUT2D eigenvalue weighted by atomic mass is 35.5. The lowest BCUT2D eigenvalue weighted by Gasteiger charge is -2.13. The number of nitrogens with two attached hydrogens (primary N) is 1. The monoisotopic (exact) mass is 417 g/mol. The summed E-state index contributed by atoms with van der Waals surface area (Å²) >= 11 is 0. The molecule has 0 aliphatic carbocycles. The second-order valence-electron chi connectivity index (χ2n) is 5.84. The molecule has 1 amide bonds. The van der Waals surface area contributed by atoms with Gasteiger partial charge < -0.3 is 20.5 Å². The van der Waals surface area contributed by atoms with Gasteiger partial charge in [0.2, 0.25) is 11.8 Å². The fourth-order valence-electron chi connectivity index (χ4n) is 2.61. The van der Waals surface area contributed by atoms with Crippen molar-refractivity contribution in [2.24, 2.45) is 5.73 Å². The summed E-state index contributed by atoms with van der Waals surface area (Å²) < 4.78 is 24.1. The Morgan fingerprint density at radius 1 is 1.26 bits per heavy atom. The summed E-state index contributed by atoms with van der Waals surface area (Å²) in [5.74, 6) is 0.387. The Balaban J connectivity index is 0.00000182. The molecule has 148 valence electrons. The van der Waals surface area contributed by atoms with Crippen LogP contribution < -0.4 is 15.8 Å². The Morgan fingerprint density at radius 2 is 2.00 bits per heavy atom. The fourth-order valence-corrected chi connectivity index (χ4v) is 2.61. The van der Waals surface area contributed by atoms with Crippen molar-refractivity contribution in [3.63, 3.8) is 0 Å². The number of rotatable bonds is 6. The average Bonchev–Trinajstić information content (AvgIpc) is 3.11. The van der Waals surface area contributed by atoms with Gasteiger partial charge in [-0.15, -0.1) is 24.8 Å². The molecule has 6 nitrogen and oxygen atoms in total. The Hall–Kier alpha value is -1.93. The summed E-state index contributed by atoms with van der Waals surface area (Å²) in [6, 6.07) is 9.19. The van der Waals surface area contributed by atoms with Gasteiger partial charge in [-0.2, -0.15) is 0 Å². The summed E-state index contributed by atoms with van der Waals surface area (Å²) in [6.45, 7) is 0.770. The van der Waals surface area contributed by atoms with Crippen molar-refractivity contribution >= 4 is 30.7 Å². The number of aromatic nitrogens is 1. The van der Waals surface area contributed by atoms with Crippen molar-refractivity contribution in [3.8, 4) is 11.6 Å². The highest BCUT2D eigenvalue weighted by molar-refractivity contribution is 5.85. The number of nitrogens with zero attached hydrogens (tertiary/aromatic N) is 1. The summed E-state index contributed by atoms with van der Waals surface area (Å²) in [4.78, 5) is 16.2. The third-order valence-electron chi connectivity index (χ3n) is 3.96. The molecule has 2 aromatic rings. The van der Waals surface area contributed by atoms with E-state index in [0.717, 1.165) is 12.0 Å². The maximum absolute atomic E-state index is 12.9. The van der Waals surface area contributed by atoms with Crippen LogP contribution in [-0.4, -0.2) is 29.6 Å². The molecule has 0 bridgehead atoms. The van der Waals surface area contributed by atoms with E-state index in [0.29, 0.717) is 31.1 Å². The minimum absolute atomic E-state index is 0. The van der Waals surface area contributed by atoms with Gasteiger partial charge in [0.05, 0.1) is 6.10 Å². The SMILES string of the molecule is Cl.Cl.NC[C@H]1CC[C@@H](C(=O)NCc2ccnc(Oc3ccc(F)cc3)c2)O1. The molecule has 1 saturated heterocycles. The third kappa shape index (κ3) is 6.62. The molecule has 3 N–H and O–H groups in total. The second-order valence-corrected chi connectivity index (χ2v) is 5.84. The van der Waals surface area contributed by atoms with Crippen molar-refractivity contribution in [1.29, 1.82) is 0 Å². The number of hydrogen-bond acceptors (Lipinski definition) is 5. The van der Waals surface area contributed by atoms with E-state index in [1.807, 2.05) is 0 Å². The first kappa shape index (κ1) is 23.1. The van der Waals surface area contributed by atoms with Gasteiger partial charge in [-0.1, -0.05) is 0 Å². The predicted octanol–water partition coefficient (Wildman–Crippen LogP) is 2.98. The molecule has 1 fully saturated rings. The van der Waals surface area contributed by atoms with Crippen LogP contribution in [0.25, 0.3) is 0 Å². The van der Waals surface area contributed by atoms with Gasteiger partial charge in [-0.05, 0) is 48.7 Å². The number of hydrogen-bond donors (Lipinski definition) is 2. The van der Waals surface area contributed by atoms with Crippen molar-refractivity contribution in [3.05, 3.63) is 54.0 Å². The Labute approximate surface area is 169 Å². The second kappa shape index (κ2) is 11.0. The van der Waals surface area contributed by atoms with Gasteiger partial charge in [0.1, 0.15) is 17.7 Å². The van der Waals surface area contributed by atoms with Crippen LogP contribution in [0.2, 0.25) is 0 Å². The van der Waals surface area contributed by atoms with E-state index in [-0.39, 0.29) is 42.6 Å². The molecule has 3 rings (SSSR count). The molecular weight excluding hydrogens is 396 g/mol. The highest BCUT2D eigenvalue weighted by Crippen LogP contribution is 2.21. The number of ether oxygens (including phenoxy) is 2. The number of amides is 1. The average molecular weight is 418 g/mol. The predicted molar refractivity (Wildman–Crippen MR) is 104 cm³/mol. The van der Waals surface area contributed by atoms with E-state index in [9.17, 15) is 9.18 Å². The molecule has 2 heterocycles. The first-order valence-electron chi connectivity index (χ1n) is 8.15. The maximum atomic E-state index is 12.9. The Kier molecular flexibility index (Phi) is 9.45. The molecule has 0 saturated carbocycles. The normalized spacial score (nSPS) is 18.1. The van der Waals surface area contributed by atoms with Gasteiger partial charge >= 0.3 is 0 Å². The molecule has 0 radical (unpaired) electrons. The van der Waals surface area contributed by atoms with Gasteiger partial charge in [0.25, 0.3) is 0 Å². The van der Waals surface area contributed by atoms with E-state index in [1.54, 1.807) is 18.3 Å². The van der Waals surface area contributed by atoms with Crippen LogP contribution in [-0.2, 0) is 16.1 Å². The molecule has 2 atom stereocenters. The molecule has 27 heavy (non-hydrogen) atoms. The van der Waals surface area contributed by atoms with E-state index in [1.165, 1.54) is 24.3 Å². The Bertz CT molecular complexity index is 734. The van der Waals surface area contributed by atoms with Crippen LogP contribution in [0.4, 0.5) is 4.39 Å². The first-order chi connectivity index (χ1) is 12.1. The zero-order valence-electron chi connectivity index (χ0n) is 14.5. The van der Waals surface area contributed by atoms with Crippen molar-refractivity contribution in [2.45, 2.75) is 31.6 Å². The van der Waals surface area contributed by atoms with E-state index in [4.69, 9.17) is 15.2 Å². The van der Waals surface area contributed by atoms with Crippen LogP contribution in [0.5, 0.6) is 11.6 Å². The zero-order valence-corrected chi connectivity index (χ0v) is 16.1. The summed E-state index contributed by atoms with van der Waals surface area (Å²) in [6.07, 6.45) is 2.61. The summed E-state index contributed by atoms with van der Waals surface area (Å²) in [7, 11) is 0. The minimum atomic E-state index is -0.440. The van der Waals surface area contributed by atoms with E-state index >= 15 is 0 Å². The lowest BCUT2D eigenvalue weighted by Crippen LogP contribution is -2.35. The molecule has 0 unspecified atom stereocenters. The molecule has 9 heteroatoms. The van der Waals surface area contributed by atoms with Gasteiger partial charge in [0, 0.05) is 25.4 Å². The maximum Gasteiger partial charge on any atom is 0.249 e. The largest absolute Gasteiger partial charge is 0.439 e. The molecular formula is C18H22Cl2FN3O3. The van der Waals surface area contributed by atoms with Gasteiger partial charge in [-0.3, -0.25) is 4.79 Å². The molecule has 1 aliphatic heterocycles. The number of nitrogens with one attached hydrogen (secondary N) is 1. The van der Waals surface area contributed by atoms with Crippen molar-refractivity contribution in [1.82, 2.24) is 10.3 Å². The van der Waals surface area contributed by atoms with Gasteiger partial charge in [0.15, 0.2) is 0 Å². The fraction of sp³-hybridized carbons (Fsp3) is 0.333. The topological polar surface area (TPSA) is 86.5 Å². The van der Waals surface area contributed by atoms with E-state index < -0.39 is 6.10 Å². The molecule has 1 aromatic carbocycles. The standard InChI is InChI=1S/C18H20FN3O3.2ClH/c19-13-1-3-14(4-2-13)25-17-9-12(7-8-21-17)11-22-18(23)16-6-5-15(10-20)24-16;;/h1-4,7-9,15-16H,5-6,10-11,20H2,(H,22,23);2*1H/t15-,16+;;/m1../s1. The molecule has 0 spiro atoms. The van der Waals surface area contributed by atoms with Crippen molar-refractivity contribution < 1.29 is 18.7 Å². The lowest BCUT2D eigenvalue weighted by molar-refractivity contribution is -0.132. The quantitative estimate of drug-likeness (QED) is 0.754. The van der Waals surface area contributed by atoms with Crippen LogP contribution >= 0.6 is 24.8 Å². The minimum Gasteiger partial charge on any atom is -0.439 e. The molecule has 1 aromatic heterocycles. The number of benzene rings is 1. The lowest BCUT2D eigenvalue weighted by atomic mass is 10.2. The highest BCUT2D eigenvalue weighted by Gasteiger charge is 2.29. The van der Waals surface area contributed by atoms with Crippen LogP contribution in [0.15, 0.2) is 42.6 Å². The number of carbonyl (C=O) groups is 1. The first-order valence-corrected chi connectivity index (χ1v) is 8.15. The number of halogens is 3. The third-order valence-corrected chi connectivity index (χ3v) is 3.96. The smallest absolute Gasteiger partial charge is 0.249 e. The van der Waals surface area contributed by atoms with Crippen LogP contribution in [0, 0.1) is 5.82 Å². The van der Waals surface area contributed by atoms with Gasteiger partial charge in [-0.25, -0.2) is 9.37 Å². The zero-order chi connectivity index (χ0) is 17.6. The molecule has 1 aliphatic rings. The number of carbonyl (C=O) groups excluding carboxylic acids is 1. The summed E-state index contributed by atoms with van der Waals surface area (Å²) in [5, 5.41) is 2.85. The van der Waals surface area contributed by atoms with Crippen LogP contribution in [0.3, 0.4) is 0 Å². The number of pyridine rings is 1. The van der Waals surface area contributed by atoms with Crippen molar-refractivity contribution in [2.75, 3.05) is 6.54 Å². The summed E-state index contributed by atoms with van der Waals surface area (Å²) in [5.41, 5.74) is 6.39. The Morgan fingerprint density at radius 3 is 2.67 bits per heavy atom. The van der Waals surface area contributed by atoms with E-state index in [2.05, 4.69) is 10.3 Å². The van der Waals surface area contributed by atoms with Crippen LogP contribution in [0.1, 0.15) is 18.4 Å².